The van der Waals surface area contributed by atoms with Crippen LogP contribution in [0.4, 0.5) is 17.1 Å². The second kappa shape index (κ2) is 15.5. The summed E-state index contributed by atoms with van der Waals surface area (Å²) in [6.45, 7) is 0. The molecule has 2 nitrogen and oxygen atoms in total. The first kappa shape index (κ1) is 36.8. The molecule has 0 spiro atoms. The van der Waals surface area contributed by atoms with Gasteiger partial charge in [0.2, 0.25) is 0 Å². The highest BCUT2D eigenvalue weighted by Gasteiger charge is 2.27. The maximum atomic E-state index is 6.77. The molecule has 0 unspecified atom stereocenters. The zero-order chi connectivity index (χ0) is 41.7. The van der Waals surface area contributed by atoms with E-state index in [-0.39, 0.29) is 0 Å². The molecule has 2 heterocycles. The summed E-state index contributed by atoms with van der Waals surface area (Å²) in [5.74, 6) is 0. The first-order chi connectivity index (χ1) is 31.3. The van der Waals surface area contributed by atoms with Gasteiger partial charge in [0.15, 0.2) is 0 Å². The minimum Gasteiger partial charge on any atom is -0.455 e. The van der Waals surface area contributed by atoms with Gasteiger partial charge in [-0.2, -0.15) is 0 Å². The fourth-order valence-corrected chi connectivity index (χ4v) is 10.8. The first-order valence-corrected chi connectivity index (χ1v) is 22.2. The Labute approximate surface area is 370 Å². The summed E-state index contributed by atoms with van der Waals surface area (Å²) in [7, 11) is 0. The van der Waals surface area contributed by atoms with Gasteiger partial charge in [-0.05, 0) is 58.1 Å². The Kier molecular flexibility index (Phi) is 9.06. The lowest BCUT2D eigenvalue weighted by Gasteiger charge is -2.33. The van der Waals surface area contributed by atoms with Gasteiger partial charge < -0.3 is 9.32 Å². The minimum absolute atomic E-state index is 0.877. The predicted octanol–water partition coefficient (Wildman–Crippen LogP) is 17.8. The predicted molar refractivity (Wildman–Crippen MR) is 268 cm³/mol. The summed E-state index contributed by atoms with van der Waals surface area (Å²) >= 11 is 1.87. The number of thiophene rings is 1. The van der Waals surface area contributed by atoms with Gasteiger partial charge in [-0.25, -0.2) is 0 Å². The standard InChI is InChI=1S/C60H39NOS/c1-3-20-40(21-4-1)42-24-7-8-29-48(42)58-43(41-22-5-2-6-23-41)30-19-37-55(58)61(53-35-13-9-25-44(53)49-31-17-32-50-46-27-11-15-38-56(46)62-59(49)50)54-36-14-10-26-45(54)51-33-18-34-52-47-28-12-16-39-57(47)63-60(51)52/h1-39H. The zero-order valence-electron chi connectivity index (χ0n) is 34.3. The molecule has 0 amide bonds. The van der Waals surface area contributed by atoms with Crippen molar-refractivity contribution in [3.05, 3.63) is 237 Å². The maximum absolute atomic E-state index is 6.77. The molecule has 0 aliphatic heterocycles. The third-order valence-electron chi connectivity index (χ3n) is 12.3. The number of benzene rings is 10. The Bertz CT molecular complexity index is 3480. The zero-order valence-corrected chi connectivity index (χ0v) is 35.1. The van der Waals surface area contributed by atoms with Crippen LogP contribution in [0.3, 0.4) is 0 Å². The minimum atomic E-state index is 0.877. The molecule has 0 radical (unpaired) electrons. The maximum Gasteiger partial charge on any atom is 0.143 e. The summed E-state index contributed by atoms with van der Waals surface area (Å²) in [6.07, 6.45) is 0. The van der Waals surface area contributed by atoms with Crippen LogP contribution < -0.4 is 4.90 Å². The molecule has 0 bridgehead atoms. The first-order valence-electron chi connectivity index (χ1n) is 21.4. The molecule has 3 heteroatoms. The van der Waals surface area contributed by atoms with Crippen LogP contribution in [0.2, 0.25) is 0 Å². The van der Waals surface area contributed by atoms with Crippen LogP contribution in [0.25, 0.3) is 97.7 Å². The number of para-hydroxylation sites is 4. The van der Waals surface area contributed by atoms with Gasteiger partial charge in [0.1, 0.15) is 11.2 Å². The van der Waals surface area contributed by atoms with E-state index in [1.54, 1.807) is 0 Å². The monoisotopic (exact) mass is 821 g/mol. The van der Waals surface area contributed by atoms with Crippen LogP contribution in [0, 0.1) is 0 Å². The Balaban J connectivity index is 1.20. The lowest BCUT2D eigenvalue weighted by atomic mass is 9.87. The Morgan fingerprint density at radius 1 is 0.302 bits per heavy atom. The molecule has 10 aromatic carbocycles. The number of fused-ring (bicyclic) bond motifs is 6. The van der Waals surface area contributed by atoms with Crippen LogP contribution in [0.15, 0.2) is 241 Å². The fraction of sp³-hybridized carbons (Fsp3) is 0. The van der Waals surface area contributed by atoms with Crippen molar-refractivity contribution >= 4 is 70.5 Å². The van der Waals surface area contributed by atoms with E-state index in [0.29, 0.717) is 0 Å². The van der Waals surface area contributed by atoms with Crippen LogP contribution in [-0.2, 0) is 0 Å². The molecular formula is C60H39NOS. The Morgan fingerprint density at radius 2 is 0.778 bits per heavy atom. The Hall–Kier alpha value is -7.98. The number of hydrogen-bond acceptors (Lipinski definition) is 3. The molecule has 0 saturated carbocycles. The normalized spacial score (nSPS) is 11.5. The van der Waals surface area contributed by atoms with Crippen molar-refractivity contribution < 1.29 is 4.42 Å². The second-order valence-electron chi connectivity index (χ2n) is 15.9. The smallest absolute Gasteiger partial charge is 0.143 e. The topological polar surface area (TPSA) is 16.4 Å². The van der Waals surface area contributed by atoms with Crippen molar-refractivity contribution in [3.8, 4) is 55.6 Å². The molecule has 63 heavy (non-hydrogen) atoms. The van der Waals surface area contributed by atoms with Crippen molar-refractivity contribution in [1.29, 1.82) is 0 Å². The molecule has 0 aliphatic rings. The fourth-order valence-electron chi connectivity index (χ4n) is 9.54. The number of furan rings is 1. The molecule has 0 N–H and O–H groups in total. The third-order valence-corrected chi connectivity index (χ3v) is 13.5. The lowest BCUT2D eigenvalue weighted by Crippen LogP contribution is -2.14. The van der Waals surface area contributed by atoms with E-state index in [4.69, 9.17) is 4.42 Å². The summed E-state index contributed by atoms with van der Waals surface area (Å²) < 4.78 is 9.33. The van der Waals surface area contributed by atoms with E-state index in [9.17, 15) is 0 Å². The average Bonchev–Trinajstić information content (AvgIpc) is 3.94. The second-order valence-corrected chi connectivity index (χ2v) is 17.0. The number of anilines is 3. The molecule has 12 aromatic rings. The van der Waals surface area contributed by atoms with Gasteiger partial charge in [-0.15, -0.1) is 11.3 Å². The van der Waals surface area contributed by atoms with Crippen LogP contribution in [0.1, 0.15) is 0 Å². The van der Waals surface area contributed by atoms with E-state index in [2.05, 4.69) is 235 Å². The van der Waals surface area contributed by atoms with Gasteiger partial charge in [0.05, 0.1) is 17.1 Å². The molecule has 12 rings (SSSR count). The molecule has 0 aliphatic carbocycles. The van der Waals surface area contributed by atoms with Gasteiger partial charge in [-0.1, -0.05) is 206 Å². The Morgan fingerprint density at radius 3 is 1.52 bits per heavy atom. The highest BCUT2D eigenvalue weighted by atomic mass is 32.1. The van der Waals surface area contributed by atoms with Crippen LogP contribution in [-0.4, -0.2) is 0 Å². The molecular weight excluding hydrogens is 783 g/mol. The van der Waals surface area contributed by atoms with E-state index in [1.807, 2.05) is 17.4 Å². The van der Waals surface area contributed by atoms with E-state index in [0.717, 1.165) is 77.9 Å². The molecule has 0 saturated heterocycles. The third kappa shape index (κ3) is 6.24. The largest absolute Gasteiger partial charge is 0.455 e. The SMILES string of the molecule is c1ccc(-c2ccccc2-c2c(-c3ccccc3)cccc2N(c2ccccc2-c2cccc3c2oc2ccccc23)c2ccccc2-c2cccc3c2sc2ccccc23)cc1. The van der Waals surface area contributed by atoms with Crippen molar-refractivity contribution in [3.63, 3.8) is 0 Å². The molecule has 296 valence electrons. The molecule has 0 atom stereocenters. The molecule has 2 aromatic heterocycles. The number of rotatable bonds is 8. The number of nitrogens with zero attached hydrogens (tertiary/aromatic N) is 1. The van der Waals surface area contributed by atoms with Crippen LogP contribution >= 0.6 is 11.3 Å². The highest BCUT2D eigenvalue weighted by molar-refractivity contribution is 7.26. The average molecular weight is 822 g/mol. The van der Waals surface area contributed by atoms with E-state index >= 15 is 0 Å². The van der Waals surface area contributed by atoms with Gasteiger partial charge in [0, 0.05) is 58.8 Å². The van der Waals surface area contributed by atoms with E-state index in [1.165, 1.54) is 36.9 Å². The summed E-state index contributed by atoms with van der Waals surface area (Å²) in [5, 5.41) is 4.77. The van der Waals surface area contributed by atoms with Gasteiger partial charge >= 0.3 is 0 Å². The van der Waals surface area contributed by atoms with Crippen molar-refractivity contribution in [2.24, 2.45) is 0 Å². The van der Waals surface area contributed by atoms with Crippen molar-refractivity contribution in [2.45, 2.75) is 0 Å². The lowest BCUT2D eigenvalue weighted by molar-refractivity contribution is 0.670. The van der Waals surface area contributed by atoms with Crippen molar-refractivity contribution in [2.75, 3.05) is 4.90 Å². The quantitative estimate of drug-likeness (QED) is 0.152. The van der Waals surface area contributed by atoms with Crippen LogP contribution in [0.5, 0.6) is 0 Å². The summed E-state index contributed by atoms with van der Waals surface area (Å²) in [5.41, 5.74) is 16.4. The van der Waals surface area contributed by atoms with Gasteiger partial charge in [0.25, 0.3) is 0 Å². The highest BCUT2D eigenvalue weighted by Crippen LogP contribution is 2.53. The van der Waals surface area contributed by atoms with Gasteiger partial charge in [-0.3, -0.25) is 0 Å². The van der Waals surface area contributed by atoms with E-state index < -0.39 is 0 Å². The summed E-state index contributed by atoms with van der Waals surface area (Å²) in [6, 6.07) is 85.5. The summed E-state index contributed by atoms with van der Waals surface area (Å²) in [4.78, 5) is 2.52. The molecule has 0 fully saturated rings. The van der Waals surface area contributed by atoms with Crippen molar-refractivity contribution in [1.82, 2.24) is 0 Å². The number of hydrogen-bond donors (Lipinski definition) is 0.